The molecule has 9 heteroatoms. The molecule has 0 radical (unpaired) electrons. The van der Waals surface area contributed by atoms with Crippen LogP contribution < -0.4 is 15.4 Å². The van der Waals surface area contributed by atoms with Crippen molar-refractivity contribution in [2.24, 2.45) is 7.05 Å². The van der Waals surface area contributed by atoms with Gasteiger partial charge in [-0.2, -0.15) is 15.5 Å². The maximum absolute atomic E-state index is 9.85. The summed E-state index contributed by atoms with van der Waals surface area (Å²) >= 11 is 0. The van der Waals surface area contributed by atoms with Crippen molar-refractivity contribution in [2.45, 2.75) is 20.0 Å². The van der Waals surface area contributed by atoms with Gasteiger partial charge in [-0.25, -0.2) is 9.67 Å². The third-order valence-electron chi connectivity index (χ3n) is 5.74. The number of anilines is 3. The van der Waals surface area contributed by atoms with E-state index in [4.69, 9.17) is 10.5 Å². The maximum Gasteiger partial charge on any atom is 0.166 e. The normalized spacial score (nSPS) is 14.8. The Hall–Kier alpha value is -4.32. The van der Waals surface area contributed by atoms with Gasteiger partial charge in [-0.1, -0.05) is 17.7 Å². The third kappa shape index (κ3) is 2.88. The van der Waals surface area contributed by atoms with Crippen LogP contribution in [0.3, 0.4) is 0 Å². The van der Waals surface area contributed by atoms with Crippen molar-refractivity contribution in [3.8, 4) is 28.6 Å². The van der Waals surface area contributed by atoms with Crippen molar-refractivity contribution < 1.29 is 4.74 Å². The number of nitrogens with zero attached hydrogens (tertiary/aromatic N) is 7. The highest BCUT2D eigenvalue weighted by Gasteiger charge is 2.27. The maximum atomic E-state index is 9.85. The Balaban J connectivity index is 1.87. The minimum Gasteiger partial charge on any atom is -0.482 e. The van der Waals surface area contributed by atoms with E-state index in [1.807, 2.05) is 54.7 Å². The Kier molecular flexibility index (Phi) is 4.37. The molecule has 5 rings (SSSR count). The number of fused-ring (bicyclic) bond motifs is 7. The summed E-state index contributed by atoms with van der Waals surface area (Å²) in [7, 11) is 3.66. The molecule has 4 heterocycles. The highest BCUT2D eigenvalue weighted by molar-refractivity contribution is 5.84. The van der Waals surface area contributed by atoms with Gasteiger partial charge in [0.05, 0.1) is 17.4 Å². The summed E-state index contributed by atoms with van der Waals surface area (Å²) in [6, 6.07) is 12.2. The SMILES string of the molecule is Cc1ccc2c(c1)[C@@H](C)Oc1cc(cnc1N)-c1c(nn(C)c1C#N)N(C)c1ccnn1-2. The highest BCUT2D eigenvalue weighted by atomic mass is 16.5. The molecule has 160 valence electrons. The quantitative estimate of drug-likeness (QED) is 0.457. The Labute approximate surface area is 185 Å². The van der Waals surface area contributed by atoms with E-state index in [1.165, 1.54) is 0 Å². The van der Waals surface area contributed by atoms with E-state index in [0.29, 0.717) is 28.4 Å². The number of hydrogen-bond donors (Lipinski definition) is 1. The van der Waals surface area contributed by atoms with E-state index in [2.05, 4.69) is 27.3 Å². The number of hydrogen-bond acceptors (Lipinski definition) is 7. The second-order valence-corrected chi connectivity index (χ2v) is 7.87. The van der Waals surface area contributed by atoms with Gasteiger partial charge < -0.3 is 15.4 Å². The van der Waals surface area contributed by atoms with Crippen molar-refractivity contribution in [1.82, 2.24) is 24.5 Å². The molecule has 0 aliphatic carbocycles. The zero-order valence-corrected chi connectivity index (χ0v) is 18.2. The van der Waals surface area contributed by atoms with Crippen LogP contribution in [0.2, 0.25) is 0 Å². The summed E-state index contributed by atoms with van der Waals surface area (Å²) in [6.45, 7) is 4.01. The van der Waals surface area contributed by atoms with Crippen LogP contribution in [0.1, 0.15) is 29.8 Å². The summed E-state index contributed by atoms with van der Waals surface area (Å²) in [4.78, 5) is 6.28. The molecule has 1 aromatic carbocycles. The van der Waals surface area contributed by atoms with Gasteiger partial charge in [-0.15, -0.1) is 0 Å². The van der Waals surface area contributed by atoms with Crippen LogP contribution in [0.5, 0.6) is 5.75 Å². The van der Waals surface area contributed by atoms with Crippen LogP contribution in [0.15, 0.2) is 42.7 Å². The van der Waals surface area contributed by atoms with Crippen molar-refractivity contribution in [3.63, 3.8) is 0 Å². The largest absolute Gasteiger partial charge is 0.482 e. The number of nitrogen functional groups attached to an aromatic ring is 1. The molecule has 1 aliphatic rings. The van der Waals surface area contributed by atoms with E-state index >= 15 is 0 Å². The number of benzene rings is 1. The van der Waals surface area contributed by atoms with Gasteiger partial charge in [0.1, 0.15) is 23.7 Å². The van der Waals surface area contributed by atoms with Crippen molar-refractivity contribution in [3.05, 3.63) is 59.5 Å². The minimum absolute atomic E-state index is 0.281. The molecular weight excluding hydrogens is 404 g/mol. The number of aryl methyl sites for hydroxylation is 2. The fourth-order valence-corrected chi connectivity index (χ4v) is 4.12. The number of aromatic nitrogens is 5. The van der Waals surface area contributed by atoms with Gasteiger partial charge >= 0.3 is 0 Å². The van der Waals surface area contributed by atoms with Crippen LogP contribution in [0, 0.1) is 18.3 Å². The Morgan fingerprint density at radius 2 is 2.00 bits per heavy atom. The van der Waals surface area contributed by atoms with E-state index in [-0.39, 0.29) is 11.9 Å². The number of ether oxygens (including phenoxy) is 1. The fourth-order valence-electron chi connectivity index (χ4n) is 4.12. The van der Waals surface area contributed by atoms with E-state index < -0.39 is 0 Å². The minimum atomic E-state index is -0.324. The average Bonchev–Trinajstić information content (AvgIpc) is 3.38. The Morgan fingerprint density at radius 3 is 2.78 bits per heavy atom. The molecule has 0 saturated carbocycles. The smallest absolute Gasteiger partial charge is 0.166 e. The number of nitrogens with two attached hydrogens (primary N) is 1. The third-order valence-corrected chi connectivity index (χ3v) is 5.74. The molecule has 0 amide bonds. The molecule has 32 heavy (non-hydrogen) atoms. The van der Waals surface area contributed by atoms with E-state index in [9.17, 15) is 5.26 Å². The topological polar surface area (TPSA) is 111 Å². The van der Waals surface area contributed by atoms with Crippen LogP contribution in [0.4, 0.5) is 17.5 Å². The van der Waals surface area contributed by atoms with Crippen LogP contribution in [-0.4, -0.2) is 31.6 Å². The van der Waals surface area contributed by atoms with E-state index in [0.717, 1.165) is 22.6 Å². The lowest BCUT2D eigenvalue weighted by Gasteiger charge is -2.25. The summed E-state index contributed by atoms with van der Waals surface area (Å²) in [5, 5.41) is 19.1. The number of pyridine rings is 1. The van der Waals surface area contributed by atoms with Gasteiger partial charge in [0.25, 0.3) is 0 Å². The predicted molar refractivity (Wildman–Crippen MR) is 121 cm³/mol. The second kappa shape index (κ2) is 7.13. The van der Waals surface area contributed by atoms with Gasteiger partial charge in [-0.3, -0.25) is 4.68 Å². The molecule has 1 atom stereocenters. The summed E-state index contributed by atoms with van der Waals surface area (Å²) in [5.41, 5.74) is 10.9. The molecule has 2 bridgehead atoms. The number of rotatable bonds is 0. The lowest BCUT2D eigenvalue weighted by molar-refractivity contribution is 0.227. The van der Waals surface area contributed by atoms with Crippen LogP contribution >= 0.6 is 0 Å². The molecule has 2 N–H and O–H groups in total. The molecule has 0 unspecified atom stereocenters. The Bertz CT molecular complexity index is 1390. The first kappa shape index (κ1) is 19.6. The average molecular weight is 426 g/mol. The molecule has 1 aliphatic heterocycles. The molecule has 9 nitrogen and oxygen atoms in total. The molecule has 4 aromatic rings. The van der Waals surface area contributed by atoms with Gasteiger partial charge in [0.2, 0.25) is 0 Å². The standard InChI is InChI=1S/C23H22N8O/c1-13-5-6-17-16(9-13)14(2)32-19-10-15(12-26-22(19)25)21-18(11-24)30(4)28-23(21)29(3)20-7-8-27-31(17)20/h5-10,12,14H,1-4H3,(H2,25,26)/t14-/m1/s1. The molecule has 0 fully saturated rings. The van der Waals surface area contributed by atoms with Crippen molar-refractivity contribution >= 4 is 17.5 Å². The summed E-state index contributed by atoms with van der Waals surface area (Å²) < 4.78 is 9.73. The zero-order valence-electron chi connectivity index (χ0n) is 18.2. The first-order valence-corrected chi connectivity index (χ1v) is 10.2. The lowest BCUT2D eigenvalue weighted by atomic mass is 10.0. The van der Waals surface area contributed by atoms with E-state index in [1.54, 1.807) is 24.1 Å². The second-order valence-electron chi connectivity index (χ2n) is 7.87. The molecule has 0 saturated heterocycles. The summed E-state index contributed by atoms with van der Waals surface area (Å²) in [6.07, 6.45) is 3.06. The van der Waals surface area contributed by atoms with Crippen molar-refractivity contribution in [1.29, 1.82) is 5.26 Å². The van der Waals surface area contributed by atoms with Crippen LogP contribution in [0.25, 0.3) is 16.8 Å². The monoisotopic (exact) mass is 426 g/mol. The number of nitriles is 1. The lowest BCUT2D eigenvalue weighted by Crippen LogP contribution is -2.18. The van der Waals surface area contributed by atoms with Crippen LogP contribution in [-0.2, 0) is 7.05 Å². The highest BCUT2D eigenvalue weighted by Crippen LogP contribution is 2.40. The van der Waals surface area contributed by atoms with Gasteiger partial charge in [0, 0.05) is 37.5 Å². The Morgan fingerprint density at radius 1 is 1.19 bits per heavy atom. The first-order chi connectivity index (χ1) is 15.4. The molecule has 3 aromatic heterocycles. The first-order valence-electron chi connectivity index (χ1n) is 10.2. The fraction of sp³-hybridized carbons (Fsp3) is 0.217. The summed E-state index contributed by atoms with van der Waals surface area (Å²) in [5.74, 6) is 2.13. The van der Waals surface area contributed by atoms with Gasteiger partial charge in [-0.05, 0) is 26.0 Å². The molecular formula is C23H22N8O. The molecule has 0 spiro atoms. The van der Waals surface area contributed by atoms with Gasteiger partial charge in [0.15, 0.2) is 17.4 Å². The predicted octanol–water partition coefficient (Wildman–Crippen LogP) is 3.65. The van der Waals surface area contributed by atoms with Crippen molar-refractivity contribution in [2.75, 3.05) is 17.7 Å². The zero-order chi connectivity index (χ0) is 22.6.